The molecule has 0 atom stereocenters. The van der Waals surface area contributed by atoms with E-state index in [1.807, 2.05) is 11.9 Å². The Hall–Kier alpha value is -0.610. The Morgan fingerprint density at radius 3 is 2.67 bits per heavy atom. The second kappa shape index (κ2) is 4.49. The van der Waals surface area contributed by atoms with Gasteiger partial charge in [0.05, 0.1) is 12.6 Å². The number of hydrogen-bond acceptors (Lipinski definition) is 3. The fraction of sp³-hybridized carbons (Fsp3) is 0.909. The summed E-state index contributed by atoms with van der Waals surface area (Å²) in [5.74, 6) is 0.221. The standard InChI is InChI=1S/C11H20N2O2/c1-13(9-3-4-9)11(14)7-12-8-5-10(6-8)15-2/h8-10,12H,3-7H2,1-2H3. The van der Waals surface area contributed by atoms with Crippen molar-refractivity contribution in [2.24, 2.45) is 0 Å². The average Bonchev–Trinajstić information content (AvgIpc) is 2.97. The van der Waals surface area contributed by atoms with E-state index in [-0.39, 0.29) is 5.91 Å². The molecule has 4 heteroatoms. The van der Waals surface area contributed by atoms with Gasteiger partial charge in [0.2, 0.25) is 5.91 Å². The van der Waals surface area contributed by atoms with Crippen LogP contribution in [0, 0.1) is 0 Å². The Kier molecular flexibility index (Phi) is 3.26. The van der Waals surface area contributed by atoms with Gasteiger partial charge in [0.15, 0.2) is 0 Å². The second-order valence-electron chi connectivity index (χ2n) is 4.64. The Morgan fingerprint density at radius 1 is 1.47 bits per heavy atom. The minimum absolute atomic E-state index is 0.221. The minimum atomic E-state index is 0.221. The van der Waals surface area contributed by atoms with E-state index in [2.05, 4.69) is 5.32 Å². The molecule has 0 aromatic rings. The largest absolute Gasteiger partial charge is 0.381 e. The third-order valence-electron chi connectivity index (χ3n) is 3.46. The van der Waals surface area contributed by atoms with Crippen LogP contribution >= 0.6 is 0 Å². The number of carbonyl (C=O) groups excluding carboxylic acids is 1. The highest BCUT2D eigenvalue weighted by Gasteiger charge is 2.31. The third kappa shape index (κ3) is 2.69. The molecule has 0 bridgehead atoms. The summed E-state index contributed by atoms with van der Waals surface area (Å²) in [5, 5.41) is 3.28. The molecule has 2 saturated carbocycles. The van der Waals surface area contributed by atoms with Crippen LogP contribution in [0.1, 0.15) is 25.7 Å². The first-order valence-corrected chi connectivity index (χ1v) is 5.72. The number of methoxy groups -OCH3 is 1. The third-order valence-corrected chi connectivity index (χ3v) is 3.46. The highest BCUT2D eigenvalue weighted by atomic mass is 16.5. The van der Waals surface area contributed by atoms with Crippen LogP contribution in [-0.2, 0) is 9.53 Å². The summed E-state index contributed by atoms with van der Waals surface area (Å²) in [6.07, 6.45) is 4.83. The van der Waals surface area contributed by atoms with Gasteiger partial charge < -0.3 is 15.0 Å². The van der Waals surface area contributed by atoms with Crippen molar-refractivity contribution in [3.8, 4) is 0 Å². The van der Waals surface area contributed by atoms with Gasteiger partial charge in [0, 0.05) is 26.2 Å². The van der Waals surface area contributed by atoms with Gasteiger partial charge in [-0.2, -0.15) is 0 Å². The highest BCUT2D eigenvalue weighted by molar-refractivity contribution is 5.78. The number of amides is 1. The fourth-order valence-electron chi connectivity index (χ4n) is 1.95. The Labute approximate surface area is 91.0 Å². The zero-order valence-electron chi connectivity index (χ0n) is 9.53. The topological polar surface area (TPSA) is 41.6 Å². The minimum Gasteiger partial charge on any atom is -0.381 e. The maximum atomic E-state index is 11.7. The highest BCUT2D eigenvalue weighted by Crippen LogP contribution is 2.25. The average molecular weight is 212 g/mol. The first-order chi connectivity index (χ1) is 7.20. The molecule has 86 valence electrons. The molecule has 1 amide bonds. The van der Waals surface area contributed by atoms with Crippen LogP contribution < -0.4 is 5.32 Å². The van der Waals surface area contributed by atoms with E-state index < -0.39 is 0 Å². The van der Waals surface area contributed by atoms with E-state index in [0.717, 1.165) is 12.8 Å². The van der Waals surface area contributed by atoms with Crippen LogP contribution in [-0.4, -0.2) is 49.7 Å². The zero-order chi connectivity index (χ0) is 10.8. The normalized spacial score (nSPS) is 29.7. The quantitative estimate of drug-likeness (QED) is 0.716. The molecule has 0 spiro atoms. The first-order valence-electron chi connectivity index (χ1n) is 5.72. The van der Waals surface area contributed by atoms with Crippen molar-refractivity contribution in [3.05, 3.63) is 0 Å². The molecule has 2 aliphatic rings. The molecule has 0 radical (unpaired) electrons. The van der Waals surface area contributed by atoms with Crippen molar-refractivity contribution in [2.45, 2.75) is 43.9 Å². The van der Waals surface area contributed by atoms with Crippen LogP contribution in [0.5, 0.6) is 0 Å². The van der Waals surface area contributed by atoms with Gasteiger partial charge in [0.25, 0.3) is 0 Å². The Morgan fingerprint density at radius 2 is 2.13 bits per heavy atom. The van der Waals surface area contributed by atoms with Crippen LogP contribution in [0.2, 0.25) is 0 Å². The number of nitrogens with one attached hydrogen (secondary N) is 1. The lowest BCUT2D eigenvalue weighted by atomic mass is 9.89. The van der Waals surface area contributed by atoms with E-state index in [9.17, 15) is 4.79 Å². The summed E-state index contributed by atoms with van der Waals surface area (Å²) in [6.45, 7) is 0.480. The molecular formula is C11H20N2O2. The van der Waals surface area contributed by atoms with Crippen molar-refractivity contribution in [1.82, 2.24) is 10.2 Å². The number of likely N-dealkylation sites (N-methyl/N-ethyl adjacent to an activating group) is 1. The molecule has 15 heavy (non-hydrogen) atoms. The predicted octanol–water partition coefficient (Wildman–Crippen LogP) is 0.374. The molecule has 2 rings (SSSR count). The van der Waals surface area contributed by atoms with Crippen LogP contribution in [0.15, 0.2) is 0 Å². The zero-order valence-corrected chi connectivity index (χ0v) is 9.53. The van der Waals surface area contributed by atoms with Crippen molar-refractivity contribution in [2.75, 3.05) is 20.7 Å². The number of carbonyl (C=O) groups is 1. The molecule has 0 aliphatic heterocycles. The summed E-state index contributed by atoms with van der Waals surface area (Å²) in [6, 6.07) is 0.999. The van der Waals surface area contributed by atoms with E-state index in [1.165, 1.54) is 12.8 Å². The van der Waals surface area contributed by atoms with Gasteiger partial charge in [-0.3, -0.25) is 4.79 Å². The maximum Gasteiger partial charge on any atom is 0.236 e. The molecule has 2 aliphatic carbocycles. The lowest BCUT2D eigenvalue weighted by molar-refractivity contribution is -0.129. The summed E-state index contributed by atoms with van der Waals surface area (Å²) in [7, 11) is 3.65. The Bertz CT molecular complexity index is 235. The second-order valence-corrected chi connectivity index (χ2v) is 4.64. The predicted molar refractivity (Wildman–Crippen MR) is 57.6 cm³/mol. The number of ether oxygens (including phenoxy) is 1. The smallest absolute Gasteiger partial charge is 0.236 e. The van der Waals surface area contributed by atoms with Crippen LogP contribution in [0.4, 0.5) is 0 Å². The molecule has 0 unspecified atom stereocenters. The fourth-order valence-corrected chi connectivity index (χ4v) is 1.95. The molecule has 4 nitrogen and oxygen atoms in total. The van der Waals surface area contributed by atoms with Crippen molar-refractivity contribution in [1.29, 1.82) is 0 Å². The SMILES string of the molecule is COC1CC(NCC(=O)N(C)C2CC2)C1. The van der Waals surface area contributed by atoms with Gasteiger partial charge in [-0.15, -0.1) is 0 Å². The summed E-state index contributed by atoms with van der Waals surface area (Å²) >= 11 is 0. The molecule has 0 aromatic carbocycles. The summed E-state index contributed by atoms with van der Waals surface area (Å²) < 4.78 is 5.18. The number of nitrogens with zero attached hydrogens (tertiary/aromatic N) is 1. The van der Waals surface area contributed by atoms with Gasteiger partial charge in [-0.05, 0) is 25.7 Å². The molecule has 0 heterocycles. The Balaban J connectivity index is 1.59. The van der Waals surface area contributed by atoms with Crippen LogP contribution in [0.25, 0.3) is 0 Å². The summed E-state index contributed by atoms with van der Waals surface area (Å²) in [4.78, 5) is 13.5. The lowest BCUT2D eigenvalue weighted by Crippen LogP contribution is -2.48. The van der Waals surface area contributed by atoms with Crippen LogP contribution in [0.3, 0.4) is 0 Å². The van der Waals surface area contributed by atoms with E-state index in [0.29, 0.717) is 24.7 Å². The van der Waals surface area contributed by atoms with Crippen molar-refractivity contribution < 1.29 is 9.53 Å². The molecule has 0 saturated heterocycles. The van der Waals surface area contributed by atoms with Gasteiger partial charge in [0.1, 0.15) is 0 Å². The monoisotopic (exact) mass is 212 g/mol. The maximum absolute atomic E-state index is 11.7. The molecule has 2 fully saturated rings. The molecular weight excluding hydrogens is 192 g/mol. The lowest BCUT2D eigenvalue weighted by Gasteiger charge is -2.35. The summed E-state index contributed by atoms with van der Waals surface area (Å²) in [5.41, 5.74) is 0. The molecule has 1 N–H and O–H groups in total. The van der Waals surface area contributed by atoms with Crippen molar-refractivity contribution in [3.63, 3.8) is 0 Å². The molecule has 0 aromatic heterocycles. The van der Waals surface area contributed by atoms with Gasteiger partial charge >= 0.3 is 0 Å². The van der Waals surface area contributed by atoms with E-state index in [1.54, 1.807) is 7.11 Å². The van der Waals surface area contributed by atoms with E-state index in [4.69, 9.17) is 4.74 Å². The van der Waals surface area contributed by atoms with Crippen molar-refractivity contribution >= 4 is 5.91 Å². The number of rotatable bonds is 5. The number of hydrogen-bond donors (Lipinski definition) is 1. The van der Waals surface area contributed by atoms with E-state index >= 15 is 0 Å². The first kappa shape index (κ1) is 10.9. The van der Waals surface area contributed by atoms with Gasteiger partial charge in [-0.25, -0.2) is 0 Å². The van der Waals surface area contributed by atoms with Gasteiger partial charge in [-0.1, -0.05) is 0 Å².